The van der Waals surface area contributed by atoms with Crippen molar-refractivity contribution in [2.45, 2.75) is 6.54 Å². The molecule has 2 rings (SSSR count). The Hall–Kier alpha value is -1.52. The fraction of sp³-hybridized carbons (Fsp3) is 0.429. The first-order chi connectivity index (χ1) is 8.86. The number of hydrogen-bond donors (Lipinski definition) is 0. The van der Waals surface area contributed by atoms with Crippen LogP contribution in [0.15, 0.2) is 30.5 Å². The molecule has 0 aliphatic rings. The van der Waals surface area contributed by atoms with Crippen LogP contribution in [0.4, 0.5) is 0 Å². The molecular weight excluding hydrogens is 230 g/mol. The van der Waals surface area contributed by atoms with E-state index in [0.29, 0.717) is 19.8 Å². The number of aromatic nitrogens is 1. The average molecular weight is 249 g/mol. The summed E-state index contributed by atoms with van der Waals surface area (Å²) in [4.78, 5) is 0. The van der Waals surface area contributed by atoms with E-state index in [4.69, 9.17) is 14.2 Å². The summed E-state index contributed by atoms with van der Waals surface area (Å²) < 4.78 is 17.9. The lowest BCUT2D eigenvalue weighted by Crippen LogP contribution is -2.08. The molecule has 1 aromatic carbocycles. The molecular formula is C14H19NO3. The zero-order valence-corrected chi connectivity index (χ0v) is 10.9. The lowest BCUT2D eigenvalue weighted by Gasteiger charge is -2.07. The van der Waals surface area contributed by atoms with Crippen LogP contribution in [0.2, 0.25) is 0 Å². The molecule has 98 valence electrons. The molecule has 0 atom stereocenters. The molecule has 0 spiro atoms. The van der Waals surface area contributed by atoms with Crippen molar-refractivity contribution in [3.8, 4) is 5.75 Å². The van der Waals surface area contributed by atoms with Gasteiger partial charge in [0, 0.05) is 25.2 Å². The fourth-order valence-electron chi connectivity index (χ4n) is 1.98. The van der Waals surface area contributed by atoms with Gasteiger partial charge in [0.05, 0.1) is 32.4 Å². The Morgan fingerprint density at radius 3 is 2.72 bits per heavy atom. The van der Waals surface area contributed by atoms with Gasteiger partial charge in [0.1, 0.15) is 5.75 Å². The second-order valence-corrected chi connectivity index (χ2v) is 4.01. The first kappa shape index (κ1) is 12.9. The Morgan fingerprint density at radius 1 is 1.06 bits per heavy atom. The molecule has 0 saturated heterocycles. The Bertz CT molecular complexity index is 493. The zero-order valence-electron chi connectivity index (χ0n) is 10.9. The number of ether oxygens (including phenoxy) is 3. The summed E-state index contributed by atoms with van der Waals surface area (Å²) in [5, 5.41) is 1.14. The predicted octanol–water partition coefficient (Wildman–Crippen LogP) is 2.31. The van der Waals surface area contributed by atoms with Gasteiger partial charge in [0.15, 0.2) is 0 Å². The number of rotatable bonds is 7. The second kappa shape index (κ2) is 6.42. The van der Waals surface area contributed by atoms with Crippen molar-refractivity contribution < 1.29 is 14.2 Å². The summed E-state index contributed by atoms with van der Waals surface area (Å²) >= 11 is 0. The van der Waals surface area contributed by atoms with Gasteiger partial charge in [-0.15, -0.1) is 0 Å². The van der Waals surface area contributed by atoms with E-state index in [1.807, 2.05) is 12.1 Å². The van der Waals surface area contributed by atoms with Crippen molar-refractivity contribution in [2.24, 2.45) is 0 Å². The van der Waals surface area contributed by atoms with Crippen molar-refractivity contribution in [1.82, 2.24) is 4.57 Å². The zero-order chi connectivity index (χ0) is 12.8. The van der Waals surface area contributed by atoms with Crippen molar-refractivity contribution in [3.05, 3.63) is 30.5 Å². The Kier molecular flexibility index (Phi) is 4.61. The van der Waals surface area contributed by atoms with E-state index in [1.165, 1.54) is 5.52 Å². The van der Waals surface area contributed by atoms with E-state index >= 15 is 0 Å². The van der Waals surface area contributed by atoms with Gasteiger partial charge >= 0.3 is 0 Å². The van der Waals surface area contributed by atoms with Crippen LogP contribution in [0.5, 0.6) is 5.75 Å². The maximum atomic E-state index is 5.48. The molecule has 2 aromatic rings. The molecule has 0 aliphatic carbocycles. The highest BCUT2D eigenvalue weighted by molar-refractivity contribution is 5.86. The van der Waals surface area contributed by atoms with Crippen LogP contribution in [-0.4, -0.2) is 38.6 Å². The molecule has 18 heavy (non-hydrogen) atoms. The van der Waals surface area contributed by atoms with E-state index in [-0.39, 0.29) is 0 Å². The van der Waals surface area contributed by atoms with Crippen LogP contribution >= 0.6 is 0 Å². The van der Waals surface area contributed by atoms with Gasteiger partial charge in [-0.05, 0) is 18.2 Å². The third-order valence-corrected chi connectivity index (χ3v) is 2.90. The van der Waals surface area contributed by atoms with E-state index in [1.54, 1.807) is 14.2 Å². The molecule has 0 N–H and O–H groups in total. The molecule has 4 nitrogen and oxygen atoms in total. The topological polar surface area (TPSA) is 32.6 Å². The minimum Gasteiger partial charge on any atom is -0.496 e. The quantitative estimate of drug-likeness (QED) is 0.706. The second-order valence-electron chi connectivity index (χ2n) is 4.01. The minimum absolute atomic E-state index is 0.638. The lowest BCUT2D eigenvalue weighted by molar-refractivity contribution is 0.0670. The van der Waals surface area contributed by atoms with Crippen LogP contribution in [0.3, 0.4) is 0 Å². The third-order valence-electron chi connectivity index (χ3n) is 2.90. The van der Waals surface area contributed by atoms with Crippen molar-refractivity contribution in [3.63, 3.8) is 0 Å². The fourth-order valence-corrected chi connectivity index (χ4v) is 1.98. The van der Waals surface area contributed by atoms with Gasteiger partial charge in [-0.2, -0.15) is 0 Å². The van der Waals surface area contributed by atoms with E-state index in [0.717, 1.165) is 17.7 Å². The number of nitrogens with zero attached hydrogens (tertiary/aromatic N) is 1. The van der Waals surface area contributed by atoms with E-state index in [2.05, 4.69) is 22.9 Å². The van der Waals surface area contributed by atoms with Gasteiger partial charge in [0.25, 0.3) is 0 Å². The lowest BCUT2D eigenvalue weighted by atomic mass is 10.2. The van der Waals surface area contributed by atoms with Crippen LogP contribution < -0.4 is 4.74 Å². The standard InChI is InChI=1S/C14H19NO3/c1-16-10-11-18-9-8-15-7-6-12-13(15)4-3-5-14(12)17-2/h3-7H,8-11H2,1-2H3. The highest BCUT2D eigenvalue weighted by Crippen LogP contribution is 2.25. The number of hydrogen-bond acceptors (Lipinski definition) is 3. The van der Waals surface area contributed by atoms with Crippen LogP contribution in [-0.2, 0) is 16.0 Å². The average Bonchev–Trinajstić information content (AvgIpc) is 2.82. The predicted molar refractivity (Wildman–Crippen MR) is 71.2 cm³/mol. The summed E-state index contributed by atoms with van der Waals surface area (Å²) in [5.41, 5.74) is 1.17. The summed E-state index contributed by atoms with van der Waals surface area (Å²) in [6, 6.07) is 8.14. The molecule has 0 aliphatic heterocycles. The van der Waals surface area contributed by atoms with Crippen molar-refractivity contribution in [2.75, 3.05) is 34.0 Å². The van der Waals surface area contributed by atoms with E-state index < -0.39 is 0 Å². The highest BCUT2D eigenvalue weighted by atomic mass is 16.5. The number of fused-ring (bicyclic) bond motifs is 1. The number of benzene rings is 1. The van der Waals surface area contributed by atoms with Crippen molar-refractivity contribution in [1.29, 1.82) is 0 Å². The molecule has 4 heteroatoms. The summed E-state index contributed by atoms with van der Waals surface area (Å²) in [5.74, 6) is 0.909. The van der Waals surface area contributed by atoms with Crippen molar-refractivity contribution >= 4 is 10.9 Å². The van der Waals surface area contributed by atoms with Crippen LogP contribution in [0.25, 0.3) is 10.9 Å². The Labute approximate surface area is 107 Å². The first-order valence-electron chi connectivity index (χ1n) is 6.05. The third kappa shape index (κ3) is 2.83. The maximum absolute atomic E-state index is 5.48. The molecule has 0 bridgehead atoms. The molecule has 1 heterocycles. The smallest absolute Gasteiger partial charge is 0.128 e. The van der Waals surface area contributed by atoms with Gasteiger partial charge in [-0.3, -0.25) is 0 Å². The highest BCUT2D eigenvalue weighted by Gasteiger charge is 2.05. The van der Waals surface area contributed by atoms with Crippen LogP contribution in [0, 0.1) is 0 Å². The molecule has 0 unspecified atom stereocenters. The van der Waals surface area contributed by atoms with Gasteiger partial charge in [0.2, 0.25) is 0 Å². The Morgan fingerprint density at radius 2 is 1.94 bits per heavy atom. The largest absolute Gasteiger partial charge is 0.496 e. The summed E-state index contributed by atoms with van der Waals surface area (Å²) in [6.45, 7) is 2.80. The normalized spacial score (nSPS) is 11.0. The van der Waals surface area contributed by atoms with E-state index in [9.17, 15) is 0 Å². The molecule has 1 aromatic heterocycles. The Balaban J connectivity index is 2.01. The molecule has 0 fully saturated rings. The molecule has 0 radical (unpaired) electrons. The molecule has 0 amide bonds. The first-order valence-corrected chi connectivity index (χ1v) is 6.05. The monoisotopic (exact) mass is 249 g/mol. The SMILES string of the molecule is COCCOCCn1ccc2c(OC)cccc21. The van der Waals surface area contributed by atoms with Gasteiger partial charge < -0.3 is 18.8 Å². The maximum Gasteiger partial charge on any atom is 0.128 e. The van der Waals surface area contributed by atoms with Gasteiger partial charge in [-0.1, -0.05) is 6.07 Å². The van der Waals surface area contributed by atoms with Crippen LogP contribution in [0.1, 0.15) is 0 Å². The summed E-state index contributed by atoms with van der Waals surface area (Å²) in [6.07, 6.45) is 2.06. The molecule has 0 saturated carbocycles. The van der Waals surface area contributed by atoms with Gasteiger partial charge in [-0.25, -0.2) is 0 Å². The number of methoxy groups -OCH3 is 2. The summed E-state index contributed by atoms with van der Waals surface area (Å²) in [7, 11) is 3.37. The minimum atomic E-state index is 0.638.